The molecule has 1 fully saturated rings. The number of halogens is 2. The minimum atomic E-state index is -3.16. The maximum absolute atomic E-state index is 13.8. The SMILES string of the molecule is CN1C(=C=O)c2cc3c(c(OC(F)F)c2[C@H]2C[C@@H]1c1nc4ccc(-c5cnc(C6(NS(=O)C(C)(C)C)CCC6)nc5)cc4n12)ONO3. The molecule has 0 amide bonds. The molecule has 2 aromatic carbocycles. The van der Waals surface area contributed by atoms with E-state index in [2.05, 4.69) is 10.4 Å². The first-order valence-corrected chi connectivity index (χ1v) is 16.4. The van der Waals surface area contributed by atoms with Crippen molar-refractivity contribution in [1.82, 2.24) is 34.8 Å². The number of rotatable bonds is 6. The Labute approximate surface area is 270 Å². The molecule has 1 aliphatic carbocycles. The fourth-order valence-electron chi connectivity index (χ4n) is 6.93. The zero-order valence-electron chi connectivity index (χ0n) is 26.0. The van der Waals surface area contributed by atoms with Crippen molar-refractivity contribution >= 4 is 33.7 Å². The van der Waals surface area contributed by atoms with E-state index in [-0.39, 0.29) is 29.0 Å². The van der Waals surface area contributed by atoms with Gasteiger partial charge in [0.05, 0.1) is 44.4 Å². The van der Waals surface area contributed by atoms with Gasteiger partial charge in [-0.05, 0) is 63.8 Å². The highest BCUT2D eigenvalue weighted by molar-refractivity contribution is 7.84. The molecule has 2 bridgehead atoms. The molecule has 0 saturated heterocycles. The first-order valence-electron chi connectivity index (χ1n) is 15.3. The number of ether oxygens (including phenoxy) is 1. The number of hydrogen-bond donors (Lipinski definition) is 2. The van der Waals surface area contributed by atoms with Crippen molar-refractivity contribution in [2.45, 2.75) is 75.4 Å². The highest BCUT2D eigenvalue weighted by Gasteiger charge is 2.47. The number of nitrogens with zero attached hydrogens (tertiary/aromatic N) is 5. The molecule has 4 aromatic rings. The maximum atomic E-state index is 13.8. The topological polar surface area (TPSA) is 133 Å². The summed E-state index contributed by atoms with van der Waals surface area (Å²) in [5.74, 6) is 3.16. The molecule has 2 aromatic heterocycles. The fourth-order valence-corrected chi connectivity index (χ4v) is 7.88. The number of hydrogen-bond acceptors (Lipinski definition) is 10. The van der Waals surface area contributed by atoms with E-state index < -0.39 is 33.9 Å². The highest BCUT2D eigenvalue weighted by Crippen LogP contribution is 2.57. The number of fused-ring (bicyclic) bond motifs is 10. The van der Waals surface area contributed by atoms with Crippen molar-refractivity contribution in [3.05, 3.63) is 59.4 Å². The van der Waals surface area contributed by atoms with E-state index in [1.54, 1.807) is 30.4 Å². The minimum Gasteiger partial charge on any atom is -0.430 e. The number of alkyl halides is 2. The molecule has 3 atom stereocenters. The average molecular weight is 664 g/mol. The highest BCUT2D eigenvalue weighted by atomic mass is 32.2. The molecule has 244 valence electrons. The molecule has 4 aliphatic rings. The van der Waals surface area contributed by atoms with Crippen LogP contribution >= 0.6 is 0 Å². The van der Waals surface area contributed by atoms with Crippen molar-refractivity contribution in [3.8, 4) is 28.4 Å². The lowest BCUT2D eigenvalue weighted by molar-refractivity contribution is -0.0540. The van der Waals surface area contributed by atoms with Crippen molar-refractivity contribution in [2.24, 2.45) is 0 Å². The molecule has 8 rings (SSSR count). The summed E-state index contributed by atoms with van der Waals surface area (Å²) in [4.78, 5) is 39.1. The number of aromatic nitrogens is 4. The molecule has 1 unspecified atom stereocenters. The zero-order chi connectivity index (χ0) is 32.8. The normalized spacial score (nSPS) is 21.3. The molecule has 1 saturated carbocycles. The van der Waals surface area contributed by atoms with E-state index in [0.717, 1.165) is 35.9 Å². The van der Waals surface area contributed by atoms with Gasteiger partial charge in [-0.1, -0.05) is 6.07 Å². The molecule has 2 N–H and O–H groups in total. The standard InChI is InChI=1S/C32H31F2N7O5S/c1-31(2,3)47(43)38-32(8-5-9-32)29-35-13-17(14-36-29)16-6-7-19-20(10-16)41-21-12-22(28(41)37-19)40(4)23(15-42)18-11-24-26(46-39-45-24)27(25(18)21)44-30(33)34/h6-7,10-11,13-14,21-22,30,38-39H,5,8-9,12H2,1-4H3/t21-,22-,47?/m1/s1. The summed E-state index contributed by atoms with van der Waals surface area (Å²) in [5.41, 5.74) is 5.66. The fraction of sp³-hybridized carbons (Fsp3) is 0.406. The lowest BCUT2D eigenvalue weighted by Gasteiger charge is -2.42. The van der Waals surface area contributed by atoms with Gasteiger partial charge in [-0.3, -0.25) is 0 Å². The smallest absolute Gasteiger partial charge is 0.387 e. The van der Waals surface area contributed by atoms with E-state index in [0.29, 0.717) is 34.7 Å². The van der Waals surface area contributed by atoms with Gasteiger partial charge in [0.2, 0.25) is 11.5 Å². The third-order valence-electron chi connectivity index (χ3n) is 9.49. The summed E-state index contributed by atoms with van der Waals surface area (Å²) in [6, 6.07) is 6.50. The van der Waals surface area contributed by atoms with Crippen LogP contribution in [0.25, 0.3) is 27.9 Å². The van der Waals surface area contributed by atoms with Crippen LogP contribution in [-0.2, 0) is 21.3 Å². The summed E-state index contributed by atoms with van der Waals surface area (Å²) in [5, 5.41) is 0. The van der Waals surface area contributed by atoms with Crippen LogP contribution in [0.15, 0.2) is 36.7 Å². The van der Waals surface area contributed by atoms with Crippen LogP contribution in [0.3, 0.4) is 0 Å². The molecule has 0 radical (unpaired) electrons. The summed E-state index contributed by atoms with van der Waals surface area (Å²) in [6.45, 7) is 2.63. The first kappa shape index (κ1) is 29.9. The van der Waals surface area contributed by atoms with Crippen LogP contribution in [0.2, 0.25) is 0 Å². The van der Waals surface area contributed by atoms with Crippen LogP contribution in [0.1, 0.15) is 81.3 Å². The van der Waals surface area contributed by atoms with E-state index in [4.69, 9.17) is 29.4 Å². The van der Waals surface area contributed by atoms with E-state index in [1.165, 1.54) is 0 Å². The number of imidazole rings is 1. The molecule has 3 aliphatic heterocycles. The quantitative estimate of drug-likeness (QED) is 0.276. The third-order valence-corrected chi connectivity index (χ3v) is 11.2. The van der Waals surface area contributed by atoms with Crippen molar-refractivity contribution in [3.63, 3.8) is 0 Å². The van der Waals surface area contributed by atoms with Gasteiger partial charge in [0.1, 0.15) is 17.3 Å². The number of nitrogens with one attached hydrogen (secondary N) is 2. The Morgan fingerprint density at radius 2 is 1.91 bits per heavy atom. The van der Waals surface area contributed by atoms with Gasteiger partial charge >= 0.3 is 6.61 Å². The van der Waals surface area contributed by atoms with Crippen molar-refractivity contribution < 1.29 is 32.2 Å². The molecular formula is C32H31F2N7O5S. The van der Waals surface area contributed by atoms with Gasteiger partial charge in [0.25, 0.3) is 0 Å². The number of carbonyl (C=O) groups excluding carboxylic acids is 1. The second-order valence-corrected chi connectivity index (χ2v) is 15.2. The van der Waals surface area contributed by atoms with Crippen molar-refractivity contribution in [1.29, 1.82) is 0 Å². The first-order chi connectivity index (χ1) is 22.5. The molecule has 47 heavy (non-hydrogen) atoms. The maximum Gasteiger partial charge on any atom is 0.387 e. The third kappa shape index (κ3) is 4.55. The molecule has 15 heteroatoms. The van der Waals surface area contributed by atoms with Gasteiger partial charge in [0, 0.05) is 48.2 Å². The Morgan fingerprint density at radius 1 is 1.15 bits per heavy atom. The Hall–Kier alpha value is -4.43. The second-order valence-electron chi connectivity index (χ2n) is 13.2. The number of benzene rings is 2. The molecule has 0 spiro atoms. The summed E-state index contributed by atoms with van der Waals surface area (Å²) in [6.07, 6.45) is 6.57. The predicted molar refractivity (Wildman–Crippen MR) is 167 cm³/mol. The summed E-state index contributed by atoms with van der Waals surface area (Å²) in [7, 11) is 0.484. The van der Waals surface area contributed by atoms with Gasteiger partial charge in [-0.2, -0.15) is 8.78 Å². The zero-order valence-corrected chi connectivity index (χ0v) is 26.8. The van der Waals surface area contributed by atoms with E-state index >= 15 is 0 Å². The molecular weight excluding hydrogens is 632 g/mol. The molecule has 5 heterocycles. The lowest BCUT2D eigenvalue weighted by Crippen LogP contribution is -2.53. The Balaban J connectivity index is 1.22. The van der Waals surface area contributed by atoms with Crippen LogP contribution in [-0.4, -0.2) is 53.0 Å². The van der Waals surface area contributed by atoms with Crippen LogP contribution in [0, 0.1) is 0 Å². The monoisotopic (exact) mass is 663 g/mol. The van der Waals surface area contributed by atoms with Crippen LogP contribution < -0.4 is 24.8 Å². The van der Waals surface area contributed by atoms with Gasteiger partial charge in [-0.15, -0.1) is 0 Å². The molecule has 12 nitrogen and oxygen atoms in total. The van der Waals surface area contributed by atoms with Gasteiger partial charge in [-0.25, -0.2) is 28.7 Å². The van der Waals surface area contributed by atoms with E-state index in [1.807, 2.05) is 49.5 Å². The van der Waals surface area contributed by atoms with Crippen LogP contribution in [0.4, 0.5) is 8.78 Å². The second kappa shape index (κ2) is 10.5. The summed E-state index contributed by atoms with van der Waals surface area (Å²) >= 11 is 0. The average Bonchev–Trinajstić information content (AvgIpc) is 3.71. The Morgan fingerprint density at radius 3 is 2.57 bits per heavy atom. The van der Waals surface area contributed by atoms with Gasteiger partial charge < -0.3 is 23.9 Å². The lowest BCUT2D eigenvalue weighted by atomic mass is 9.77. The largest absolute Gasteiger partial charge is 0.430 e. The minimum absolute atomic E-state index is 0.0312. The van der Waals surface area contributed by atoms with Crippen molar-refractivity contribution in [2.75, 3.05) is 7.05 Å². The Bertz CT molecular complexity index is 2020. The van der Waals surface area contributed by atoms with Crippen LogP contribution in [0.5, 0.6) is 17.2 Å². The van der Waals surface area contributed by atoms with E-state index in [9.17, 15) is 17.8 Å². The summed E-state index contributed by atoms with van der Waals surface area (Å²) < 4.78 is 50.6. The Kier molecular flexibility index (Phi) is 6.71. The predicted octanol–water partition coefficient (Wildman–Crippen LogP) is 4.87. The van der Waals surface area contributed by atoms with Gasteiger partial charge in [0.15, 0.2) is 11.7 Å².